The van der Waals surface area contributed by atoms with Crippen LogP contribution in [-0.2, 0) is 0 Å². The molecule has 2 N–H and O–H groups in total. The number of phenols is 1. The number of nitrogens with zero attached hydrogens (tertiary/aromatic N) is 1. The van der Waals surface area contributed by atoms with Crippen LogP contribution in [0.5, 0.6) is 11.5 Å². The Morgan fingerprint density at radius 2 is 1.83 bits per heavy atom. The van der Waals surface area contributed by atoms with Crippen molar-refractivity contribution < 1.29 is 14.6 Å². The van der Waals surface area contributed by atoms with Gasteiger partial charge >= 0.3 is 0 Å². The minimum absolute atomic E-state index is 0.0765. The Balaban J connectivity index is 1.56. The van der Waals surface area contributed by atoms with E-state index in [1.165, 1.54) is 11.3 Å². The Hall–Kier alpha value is -3.38. The van der Waals surface area contributed by atoms with E-state index in [0.717, 1.165) is 16.0 Å². The lowest BCUT2D eigenvalue weighted by molar-refractivity contribution is 0.102. The van der Waals surface area contributed by atoms with Crippen LogP contribution in [-0.4, -0.2) is 22.1 Å². The fraction of sp³-hybridized carbons (Fsp3) is 0.130. The van der Waals surface area contributed by atoms with Gasteiger partial charge in [0.05, 0.1) is 21.9 Å². The van der Waals surface area contributed by atoms with Crippen LogP contribution in [0.4, 0.5) is 5.69 Å². The lowest BCUT2D eigenvalue weighted by atomic mass is 10.1. The summed E-state index contributed by atoms with van der Waals surface area (Å²) in [4.78, 5) is 17.2. The highest BCUT2D eigenvalue weighted by Crippen LogP contribution is 2.36. The smallest absolute Gasteiger partial charge is 0.255 e. The van der Waals surface area contributed by atoms with Crippen LogP contribution in [0.1, 0.15) is 24.2 Å². The molecule has 146 valence electrons. The van der Waals surface area contributed by atoms with Gasteiger partial charge in [-0.2, -0.15) is 0 Å². The van der Waals surface area contributed by atoms with Crippen molar-refractivity contribution in [1.29, 1.82) is 0 Å². The number of carbonyl (C=O) groups is 1. The van der Waals surface area contributed by atoms with Gasteiger partial charge in [-0.3, -0.25) is 4.79 Å². The Labute approximate surface area is 172 Å². The highest BCUT2D eigenvalue weighted by atomic mass is 32.1. The van der Waals surface area contributed by atoms with E-state index in [1.807, 2.05) is 38.1 Å². The third-order valence-electron chi connectivity index (χ3n) is 4.27. The number of fused-ring (bicyclic) bond motifs is 1. The first kappa shape index (κ1) is 19.0. The van der Waals surface area contributed by atoms with Gasteiger partial charge < -0.3 is 15.2 Å². The molecule has 0 atom stereocenters. The van der Waals surface area contributed by atoms with Crippen molar-refractivity contribution in [3.05, 3.63) is 72.3 Å². The molecule has 1 amide bonds. The average Bonchev–Trinajstić information content (AvgIpc) is 3.13. The first-order valence-electron chi connectivity index (χ1n) is 9.26. The van der Waals surface area contributed by atoms with Gasteiger partial charge in [0, 0.05) is 11.3 Å². The minimum Gasteiger partial charge on any atom is -0.507 e. The molecule has 4 rings (SSSR count). The zero-order chi connectivity index (χ0) is 20.4. The number of anilines is 1. The van der Waals surface area contributed by atoms with Crippen LogP contribution in [0, 0.1) is 0 Å². The van der Waals surface area contributed by atoms with E-state index in [4.69, 9.17) is 4.74 Å². The van der Waals surface area contributed by atoms with E-state index in [0.29, 0.717) is 21.8 Å². The summed E-state index contributed by atoms with van der Waals surface area (Å²) in [5.41, 5.74) is 2.58. The molecule has 3 aromatic carbocycles. The minimum atomic E-state index is -0.234. The summed E-state index contributed by atoms with van der Waals surface area (Å²) in [7, 11) is 0. The van der Waals surface area contributed by atoms with E-state index < -0.39 is 0 Å². The number of rotatable bonds is 5. The summed E-state index contributed by atoms with van der Waals surface area (Å²) in [6, 6.07) is 19.8. The molecule has 0 aliphatic rings. The van der Waals surface area contributed by atoms with E-state index in [2.05, 4.69) is 10.3 Å². The number of nitrogens with one attached hydrogen (secondary N) is 1. The van der Waals surface area contributed by atoms with Crippen molar-refractivity contribution in [3.63, 3.8) is 0 Å². The molecule has 6 heteroatoms. The summed E-state index contributed by atoms with van der Waals surface area (Å²) in [5.74, 6) is 0.610. The molecule has 29 heavy (non-hydrogen) atoms. The second-order valence-corrected chi connectivity index (χ2v) is 7.89. The van der Waals surface area contributed by atoms with Crippen LogP contribution in [0.25, 0.3) is 20.8 Å². The molecule has 0 radical (unpaired) electrons. The number of hydrogen-bond donors (Lipinski definition) is 2. The summed E-state index contributed by atoms with van der Waals surface area (Å²) < 4.78 is 6.65. The Bertz CT molecular complexity index is 1130. The average molecular weight is 404 g/mol. The van der Waals surface area contributed by atoms with Crippen LogP contribution in [0.15, 0.2) is 66.7 Å². The number of carbonyl (C=O) groups excluding carboxylic acids is 1. The molecule has 0 aliphatic heterocycles. The van der Waals surface area contributed by atoms with Crippen molar-refractivity contribution in [1.82, 2.24) is 4.98 Å². The van der Waals surface area contributed by atoms with Crippen LogP contribution in [0.2, 0.25) is 0 Å². The fourth-order valence-electron chi connectivity index (χ4n) is 2.93. The third kappa shape index (κ3) is 4.22. The van der Waals surface area contributed by atoms with Crippen molar-refractivity contribution in [2.24, 2.45) is 0 Å². The molecule has 4 aromatic rings. The molecular formula is C23H20N2O3S. The van der Waals surface area contributed by atoms with Crippen LogP contribution < -0.4 is 10.1 Å². The lowest BCUT2D eigenvalue weighted by Gasteiger charge is -2.11. The van der Waals surface area contributed by atoms with Gasteiger partial charge in [-0.1, -0.05) is 12.1 Å². The molecule has 1 aromatic heterocycles. The molecule has 5 nitrogen and oxygen atoms in total. The van der Waals surface area contributed by atoms with Gasteiger partial charge in [0.15, 0.2) is 0 Å². The number of para-hydroxylation sites is 1. The standard InChI is InChI=1S/C23H20N2O3S/c1-14(2)28-17-10-7-15(8-11-17)22(27)24-16-9-12-20(26)18(13-16)23-25-19-5-3-4-6-21(19)29-23/h3-14,26H,1-2H3,(H,24,27). The van der Waals surface area contributed by atoms with Gasteiger partial charge in [0.25, 0.3) is 5.91 Å². The van der Waals surface area contributed by atoms with Gasteiger partial charge in [-0.15, -0.1) is 11.3 Å². The van der Waals surface area contributed by atoms with Crippen molar-refractivity contribution >= 4 is 33.1 Å². The predicted molar refractivity (Wildman–Crippen MR) is 117 cm³/mol. The molecule has 0 aliphatic carbocycles. The maximum absolute atomic E-state index is 12.6. The lowest BCUT2D eigenvalue weighted by Crippen LogP contribution is -2.12. The van der Waals surface area contributed by atoms with Gasteiger partial charge in [-0.25, -0.2) is 4.98 Å². The van der Waals surface area contributed by atoms with Crippen LogP contribution >= 0.6 is 11.3 Å². The molecule has 0 fully saturated rings. The maximum Gasteiger partial charge on any atom is 0.255 e. The molecule has 1 heterocycles. The number of benzene rings is 3. The SMILES string of the molecule is CC(C)Oc1ccc(C(=O)Nc2ccc(O)c(-c3nc4ccccc4s3)c2)cc1. The Morgan fingerprint density at radius 3 is 2.55 bits per heavy atom. The summed E-state index contributed by atoms with van der Waals surface area (Å²) in [6.45, 7) is 3.91. The topological polar surface area (TPSA) is 71.5 Å². The molecule has 0 saturated heterocycles. The van der Waals surface area contributed by atoms with E-state index in [-0.39, 0.29) is 17.8 Å². The summed E-state index contributed by atoms with van der Waals surface area (Å²) in [5, 5.41) is 13.9. The summed E-state index contributed by atoms with van der Waals surface area (Å²) in [6.07, 6.45) is 0.0765. The predicted octanol–water partition coefficient (Wildman–Crippen LogP) is 5.71. The first-order valence-corrected chi connectivity index (χ1v) is 10.1. The van der Waals surface area contributed by atoms with Crippen LogP contribution in [0.3, 0.4) is 0 Å². The fourth-order valence-corrected chi connectivity index (χ4v) is 3.92. The quantitative estimate of drug-likeness (QED) is 0.418. The zero-order valence-corrected chi connectivity index (χ0v) is 16.9. The summed E-state index contributed by atoms with van der Waals surface area (Å²) >= 11 is 1.50. The maximum atomic E-state index is 12.6. The molecule has 0 bridgehead atoms. The number of ether oxygens (including phenoxy) is 1. The van der Waals surface area contributed by atoms with E-state index in [1.54, 1.807) is 42.5 Å². The number of aromatic nitrogens is 1. The highest BCUT2D eigenvalue weighted by Gasteiger charge is 2.13. The van der Waals surface area contributed by atoms with Gasteiger partial charge in [0.1, 0.15) is 16.5 Å². The monoisotopic (exact) mass is 404 g/mol. The van der Waals surface area contributed by atoms with Crippen molar-refractivity contribution in [3.8, 4) is 22.1 Å². The highest BCUT2D eigenvalue weighted by molar-refractivity contribution is 7.21. The molecular weight excluding hydrogens is 384 g/mol. The third-order valence-corrected chi connectivity index (χ3v) is 5.34. The van der Waals surface area contributed by atoms with Gasteiger partial charge in [-0.05, 0) is 68.4 Å². The number of thiazole rings is 1. The molecule has 0 saturated carbocycles. The van der Waals surface area contributed by atoms with Crippen molar-refractivity contribution in [2.75, 3.05) is 5.32 Å². The number of aromatic hydroxyl groups is 1. The second kappa shape index (κ2) is 7.93. The van der Waals surface area contributed by atoms with Gasteiger partial charge in [0.2, 0.25) is 0 Å². The Morgan fingerprint density at radius 1 is 1.07 bits per heavy atom. The van der Waals surface area contributed by atoms with E-state index in [9.17, 15) is 9.90 Å². The second-order valence-electron chi connectivity index (χ2n) is 6.86. The molecule has 0 spiro atoms. The zero-order valence-electron chi connectivity index (χ0n) is 16.0. The van der Waals surface area contributed by atoms with Crippen molar-refractivity contribution in [2.45, 2.75) is 20.0 Å². The first-order chi connectivity index (χ1) is 14.0. The number of hydrogen-bond acceptors (Lipinski definition) is 5. The number of amides is 1. The largest absolute Gasteiger partial charge is 0.507 e. The Kier molecular flexibility index (Phi) is 5.18. The number of phenolic OH excluding ortho intramolecular Hbond substituents is 1. The normalized spacial score (nSPS) is 11.0. The molecule has 0 unspecified atom stereocenters. The van der Waals surface area contributed by atoms with E-state index >= 15 is 0 Å².